The largest absolute Gasteiger partial charge is 0.573 e. The van der Waals surface area contributed by atoms with E-state index >= 15 is 0 Å². The fourth-order valence-electron chi connectivity index (χ4n) is 4.10. The molecule has 0 saturated heterocycles. The molecule has 4 rings (SSSR count). The molecular formula is C26H25F3N2O4. The molecule has 2 aromatic carbocycles. The number of amides is 1. The number of pyridine rings is 1. The molecule has 0 unspecified atom stereocenters. The Hall–Kier alpha value is -3.75. The van der Waals surface area contributed by atoms with Crippen LogP contribution in [-0.2, 0) is 0 Å². The van der Waals surface area contributed by atoms with Crippen LogP contribution in [0.25, 0.3) is 0 Å². The van der Waals surface area contributed by atoms with Gasteiger partial charge in [-0.1, -0.05) is 12.5 Å². The maximum absolute atomic E-state index is 13.4. The Balaban J connectivity index is 1.70. The predicted molar refractivity (Wildman–Crippen MR) is 124 cm³/mol. The molecule has 1 aliphatic rings. The van der Waals surface area contributed by atoms with Crippen LogP contribution in [0.15, 0.2) is 48.7 Å². The second-order valence-corrected chi connectivity index (χ2v) is 8.38. The van der Waals surface area contributed by atoms with Crippen molar-refractivity contribution in [3.63, 3.8) is 0 Å². The summed E-state index contributed by atoms with van der Waals surface area (Å²) in [6.07, 6.45) is 0.0257. The van der Waals surface area contributed by atoms with E-state index in [1.807, 2.05) is 19.9 Å². The van der Waals surface area contributed by atoms with Crippen molar-refractivity contribution in [2.75, 3.05) is 12.4 Å². The van der Waals surface area contributed by atoms with Crippen molar-refractivity contribution in [3.8, 4) is 23.0 Å². The number of anilines is 1. The van der Waals surface area contributed by atoms with Gasteiger partial charge in [-0.15, -0.1) is 13.2 Å². The van der Waals surface area contributed by atoms with E-state index in [0.29, 0.717) is 17.2 Å². The molecule has 0 atom stereocenters. The molecule has 1 aromatic heterocycles. The number of benzene rings is 2. The number of ether oxygens (including phenoxy) is 3. The number of nitrogens with zero attached hydrogens (tertiary/aromatic N) is 1. The van der Waals surface area contributed by atoms with Gasteiger partial charge in [-0.05, 0) is 74.1 Å². The molecule has 1 amide bonds. The van der Waals surface area contributed by atoms with Gasteiger partial charge in [-0.2, -0.15) is 0 Å². The molecule has 6 nitrogen and oxygen atoms in total. The summed E-state index contributed by atoms with van der Waals surface area (Å²) < 4.78 is 53.0. The Morgan fingerprint density at radius 3 is 2.40 bits per heavy atom. The monoisotopic (exact) mass is 486 g/mol. The van der Waals surface area contributed by atoms with Gasteiger partial charge in [0.25, 0.3) is 5.91 Å². The smallest absolute Gasteiger partial charge is 0.493 e. The van der Waals surface area contributed by atoms with Crippen LogP contribution in [0.2, 0.25) is 0 Å². The number of halogens is 3. The van der Waals surface area contributed by atoms with E-state index < -0.39 is 12.1 Å². The van der Waals surface area contributed by atoms with Gasteiger partial charge >= 0.3 is 6.36 Å². The fourth-order valence-corrected chi connectivity index (χ4v) is 4.10. The Morgan fingerprint density at radius 1 is 1.03 bits per heavy atom. The molecule has 0 aliphatic heterocycles. The third kappa shape index (κ3) is 5.67. The van der Waals surface area contributed by atoms with Crippen LogP contribution in [0.1, 0.15) is 52.4 Å². The molecule has 0 radical (unpaired) electrons. The molecule has 1 saturated carbocycles. The zero-order valence-electron chi connectivity index (χ0n) is 19.5. The first-order valence-corrected chi connectivity index (χ1v) is 11.1. The quantitative estimate of drug-likeness (QED) is 0.393. The number of aromatic nitrogens is 1. The van der Waals surface area contributed by atoms with Crippen molar-refractivity contribution in [3.05, 3.63) is 71.0 Å². The minimum Gasteiger partial charge on any atom is -0.493 e. The van der Waals surface area contributed by atoms with E-state index in [1.54, 1.807) is 24.4 Å². The Bertz CT molecular complexity index is 1240. The molecule has 9 heteroatoms. The van der Waals surface area contributed by atoms with Gasteiger partial charge in [-0.25, -0.2) is 0 Å². The third-order valence-electron chi connectivity index (χ3n) is 5.98. The summed E-state index contributed by atoms with van der Waals surface area (Å²) in [6.45, 7) is 3.70. The first-order valence-electron chi connectivity index (χ1n) is 11.1. The topological polar surface area (TPSA) is 69.7 Å². The number of methoxy groups -OCH3 is 1. The Morgan fingerprint density at radius 2 is 1.77 bits per heavy atom. The number of hydrogen-bond acceptors (Lipinski definition) is 5. The molecule has 1 N–H and O–H groups in total. The maximum Gasteiger partial charge on any atom is 0.573 e. The van der Waals surface area contributed by atoms with Crippen LogP contribution in [0.5, 0.6) is 23.0 Å². The molecule has 3 aromatic rings. The van der Waals surface area contributed by atoms with Crippen molar-refractivity contribution in [2.45, 2.75) is 45.4 Å². The summed E-state index contributed by atoms with van der Waals surface area (Å²) in [5.41, 5.74) is 3.58. The van der Waals surface area contributed by atoms with Crippen LogP contribution >= 0.6 is 0 Å². The van der Waals surface area contributed by atoms with Gasteiger partial charge in [0.2, 0.25) is 0 Å². The molecule has 35 heavy (non-hydrogen) atoms. The highest BCUT2D eigenvalue weighted by Crippen LogP contribution is 2.43. The highest BCUT2D eigenvalue weighted by molar-refractivity contribution is 6.07. The molecule has 1 fully saturated rings. The molecule has 0 bridgehead atoms. The predicted octanol–water partition coefficient (Wildman–Crippen LogP) is 6.92. The summed E-state index contributed by atoms with van der Waals surface area (Å²) in [5.74, 6) is 0.0171. The molecular weight excluding hydrogens is 461 g/mol. The summed E-state index contributed by atoms with van der Waals surface area (Å²) in [5, 5.41) is 2.90. The summed E-state index contributed by atoms with van der Waals surface area (Å²) in [7, 11) is 1.31. The van der Waals surface area contributed by atoms with Gasteiger partial charge < -0.3 is 19.5 Å². The normalized spacial score (nSPS) is 13.7. The van der Waals surface area contributed by atoms with Gasteiger partial charge in [-0.3, -0.25) is 9.78 Å². The van der Waals surface area contributed by atoms with Gasteiger partial charge in [0.1, 0.15) is 11.5 Å². The van der Waals surface area contributed by atoms with Crippen molar-refractivity contribution < 1.29 is 32.2 Å². The second kappa shape index (κ2) is 9.85. The minimum absolute atomic E-state index is 0.0311. The lowest BCUT2D eigenvalue weighted by Gasteiger charge is -2.28. The number of alkyl halides is 3. The van der Waals surface area contributed by atoms with E-state index in [1.165, 1.54) is 13.2 Å². The number of carbonyl (C=O) groups is 1. The first kappa shape index (κ1) is 24.4. The van der Waals surface area contributed by atoms with Crippen LogP contribution < -0.4 is 19.5 Å². The van der Waals surface area contributed by atoms with Crippen molar-refractivity contribution in [1.29, 1.82) is 0 Å². The lowest BCUT2D eigenvalue weighted by molar-refractivity contribution is -0.274. The van der Waals surface area contributed by atoms with E-state index in [0.717, 1.165) is 48.2 Å². The Labute approximate surface area is 201 Å². The summed E-state index contributed by atoms with van der Waals surface area (Å²) >= 11 is 0. The summed E-state index contributed by atoms with van der Waals surface area (Å²) in [4.78, 5) is 17.6. The highest BCUT2D eigenvalue weighted by Gasteiger charge is 2.32. The van der Waals surface area contributed by atoms with Gasteiger partial charge in [0, 0.05) is 23.6 Å². The van der Waals surface area contributed by atoms with Crippen molar-refractivity contribution >= 4 is 11.6 Å². The zero-order chi connectivity index (χ0) is 25.2. The average molecular weight is 486 g/mol. The lowest BCUT2D eigenvalue weighted by atomic mass is 9.77. The van der Waals surface area contributed by atoms with E-state index in [-0.39, 0.29) is 23.2 Å². The second-order valence-electron chi connectivity index (χ2n) is 8.38. The van der Waals surface area contributed by atoms with Crippen LogP contribution in [0.4, 0.5) is 18.9 Å². The van der Waals surface area contributed by atoms with Crippen molar-refractivity contribution in [1.82, 2.24) is 4.98 Å². The van der Waals surface area contributed by atoms with E-state index in [9.17, 15) is 18.0 Å². The van der Waals surface area contributed by atoms with Crippen LogP contribution in [0.3, 0.4) is 0 Å². The number of aryl methyl sites for hydroxylation is 1. The SMILES string of the molecule is COc1cc(OC(F)(F)F)ccc1Oc1ccc(C2CCC2)c(C)c1C(=O)Nc1ccnc(C)c1. The highest BCUT2D eigenvalue weighted by atomic mass is 19.4. The number of rotatable bonds is 7. The molecule has 1 aliphatic carbocycles. The maximum atomic E-state index is 13.4. The minimum atomic E-state index is -4.83. The molecule has 0 spiro atoms. The fraction of sp³-hybridized carbons (Fsp3) is 0.308. The van der Waals surface area contributed by atoms with Crippen LogP contribution in [-0.4, -0.2) is 24.4 Å². The van der Waals surface area contributed by atoms with Gasteiger partial charge in [0.15, 0.2) is 11.5 Å². The number of nitrogens with one attached hydrogen (secondary N) is 1. The van der Waals surface area contributed by atoms with E-state index in [2.05, 4.69) is 15.0 Å². The third-order valence-corrected chi connectivity index (χ3v) is 5.98. The van der Waals surface area contributed by atoms with Gasteiger partial charge in [0.05, 0.1) is 12.7 Å². The zero-order valence-corrected chi connectivity index (χ0v) is 19.5. The number of carbonyl (C=O) groups excluding carboxylic acids is 1. The van der Waals surface area contributed by atoms with E-state index in [4.69, 9.17) is 9.47 Å². The average Bonchev–Trinajstić information content (AvgIpc) is 2.74. The molecule has 184 valence electrons. The number of hydrogen-bond donors (Lipinski definition) is 1. The lowest BCUT2D eigenvalue weighted by Crippen LogP contribution is -2.18. The summed E-state index contributed by atoms with van der Waals surface area (Å²) in [6, 6.07) is 10.6. The van der Waals surface area contributed by atoms with Crippen LogP contribution in [0, 0.1) is 13.8 Å². The standard InChI is InChI=1S/C26H25F3N2O4/c1-15-13-18(11-12-30-15)31-25(32)24-16(2)20(17-5-4-6-17)8-10-22(24)34-21-9-7-19(14-23(21)33-3)35-26(27,28)29/h7-14,17H,4-6H2,1-3H3,(H,30,31,32). The molecule has 1 heterocycles. The first-order chi connectivity index (χ1) is 16.6. The Kier molecular flexibility index (Phi) is 6.86. The van der Waals surface area contributed by atoms with Crippen molar-refractivity contribution in [2.24, 2.45) is 0 Å².